The largest absolute Gasteiger partial charge is 0.490 e. The van der Waals surface area contributed by atoms with E-state index < -0.39 is 30.7 Å². The van der Waals surface area contributed by atoms with Crippen LogP contribution in [0.1, 0.15) is 0 Å². The van der Waals surface area contributed by atoms with Crippen LogP contribution < -0.4 is 10.3 Å². The third-order valence-corrected chi connectivity index (χ3v) is 1.93. The fourth-order valence-corrected chi connectivity index (χ4v) is 0.909. The molecular formula is C9H8F5NO2. The lowest BCUT2D eigenvalue weighted by atomic mass is 10.1. The first-order chi connectivity index (χ1) is 7.78. The Labute approximate surface area is 92.2 Å². The molecule has 1 unspecified atom stereocenters. The van der Waals surface area contributed by atoms with E-state index in [4.69, 9.17) is 0 Å². The van der Waals surface area contributed by atoms with Crippen LogP contribution in [0.25, 0.3) is 0 Å². The van der Waals surface area contributed by atoms with Gasteiger partial charge in [0.2, 0.25) is 0 Å². The molecule has 3 nitrogen and oxygen atoms in total. The van der Waals surface area contributed by atoms with Gasteiger partial charge in [0.1, 0.15) is 19.0 Å². The summed E-state index contributed by atoms with van der Waals surface area (Å²) in [6.45, 7) is -3.80. The molecule has 1 aromatic rings. The van der Waals surface area contributed by atoms with Crippen molar-refractivity contribution >= 4 is 0 Å². The fourth-order valence-electron chi connectivity index (χ4n) is 0.909. The summed E-state index contributed by atoms with van der Waals surface area (Å²) in [6.07, 6.45) is -4.26. The van der Waals surface area contributed by atoms with Crippen LogP contribution in [0.5, 0.6) is 5.75 Å². The molecule has 1 aromatic heterocycles. The number of hydrogen-bond acceptors (Lipinski definition) is 2. The number of H-pyrrole nitrogens is 1. The van der Waals surface area contributed by atoms with Gasteiger partial charge >= 0.3 is 6.18 Å². The predicted molar refractivity (Wildman–Crippen MR) is 48.4 cm³/mol. The summed E-state index contributed by atoms with van der Waals surface area (Å²) in [7, 11) is 0. The molecule has 1 N–H and O–H groups in total. The molecule has 17 heavy (non-hydrogen) atoms. The number of halogens is 5. The molecule has 1 heterocycles. The smallest absolute Gasteiger partial charge is 0.428 e. The Kier molecular flexibility index (Phi) is 3.74. The van der Waals surface area contributed by atoms with Gasteiger partial charge < -0.3 is 9.72 Å². The van der Waals surface area contributed by atoms with Crippen molar-refractivity contribution in [2.45, 2.75) is 11.8 Å². The minimum absolute atomic E-state index is 0.270. The molecular weight excluding hydrogens is 249 g/mol. The SMILES string of the molecule is O=c1cc(OCC(F)(CF)C(F)(F)F)cc[nH]1. The molecule has 0 aromatic carbocycles. The Morgan fingerprint density at radius 1 is 1.29 bits per heavy atom. The summed E-state index contributed by atoms with van der Waals surface area (Å²) in [5.74, 6) is -0.270. The van der Waals surface area contributed by atoms with Gasteiger partial charge in [-0.05, 0) is 6.07 Å². The Hall–Kier alpha value is -1.60. The van der Waals surface area contributed by atoms with E-state index >= 15 is 0 Å². The molecule has 1 atom stereocenters. The molecule has 0 radical (unpaired) electrons. The second kappa shape index (κ2) is 4.72. The van der Waals surface area contributed by atoms with Crippen LogP contribution in [-0.2, 0) is 0 Å². The lowest BCUT2D eigenvalue weighted by molar-refractivity contribution is -0.242. The second-order valence-electron chi connectivity index (χ2n) is 3.27. The van der Waals surface area contributed by atoms with E-state index in [9.17, 15) is 26.7 Å². The second-order valence-corrected chi connectivity index (χ2v) is 3.27. The number of aromatic nitrogens is 1. The molecule has 0 aliphatic heterocycles. The number of ether oxygens (including phenoxy) is 1. The highest BCUT2D eigenvalue weighted by Crippen LogP contribution is 2.34. The highest BCUT2D eigenvalue weighted by molar-refractivity contribution is 5.17. The standard InChI is InChI=1S/C9H8F5NO2/c10-4-8(11,9(12,13)14)5-17-6-1-2-15-7(16)3-6/h1-3H,4-5H2,(H,15,16). The topological polar surface area (TPSA) is 42.1 Å². The van der Waals surface area contributed by atoms with Crippen LogP contribution in [0.4, 0.5) is 22.0 Å². The fraction of sp³-hybridized carbons (Fsp3) is 0.444. The van der Waals surface area contributed by atoms with Gasteiger partial charge in [-0.3, -0.25) is 4.79 Å². The van der Waals surface area contributed by atoms with Crippen LogP contribution >= 0.6 is 0 Å². The maximum atomic E-state index is 13.1. The van der Waals surface area contributed by atoms with Crippen molar-refractivity contribution in [3.63, 3.8) is 0 Å². The number of pyridine rings is 1. The highest BCUT2D eigenvalue weighted by Gasteiger charge is 2.57. The van der Waals surface area contributed by atoms with Gasteiger partial charge in [0, 0.05) is 12.3 Å². The van der Waals surface area contributed by atoms with E-state index in [2.05, 4.69) is 9.72 Å². The first-order valence-electron chi connectivity index (χ1n) is 4.42. The lowest BCUT2D eigenvalue weighted by Crippen LogP contribution is -2.48. The molecule has 0 aliphatic carbocycles. The maximum absolute atomic E-state index is 13.1. The summed E-state index contributed by atoms with van der Waals surface area (Å²) < 4.78 is 66.0. The molecule has 0 fully saturated rings. The van der Waals surface area contributed by atoms with Crippen molar-refractivity contribution in [1.29, 1.82) is 0 Å². The van der Waals surface area contributed by atoms with E-state index in [0.717, 1.165) is 18.3 Å². The quantitative estimate of drug-likeness (QED) is 0.838. The zero-order valence-corrected chi connectivity index (χ0v) is 8.35. The summed E-state index contributed by atoms with van der Waals surface area (Å²) >= 11 is 0. The Morgan fingerprint density at radius 2 is 1.94 bits per heavy atom. The molecule has 0 aliphatic rings. The van der Waals surface area contributed by atoms with E-state index in [1.807, 2.05) is 0 Å². The zero-order valence-electron chi connectivity index (χ0n) is 8.35. The molecule has 96 valence electrons. The average molecular weight is 257 g/mol. The first kappa shape index (κ1) is 13.5. The van der Waals surface area contributed by atoms with E-state index in [1.54, 1.807) is 0 Å². The third kappa shape index (κ3) is 3.18. The van der Waals surface area contributed by atoms with E-state index in [1.165, 1.54) is 0 Å². The normalized spacial score (nSPS) is 15.4. The monoisotopic (exact) mass is 257 g/mol. The number of aromatic amines is 1. The van der Waals surface area contributed by atoms with Crippen LogP contribution in [-0.4, -0.2) is 30.1 Å². The number of rotatable bonds is 4. The van der Waals surface area contributed by atoms with Gasteiger partial charge in [-0.25, -0.2) is 8.78 Å². The van der Waals surface area contributed by atoms with Gasteiger partial charge in [0.05, 0.1) is 0 Å². The molecule has 0 amide bonds. The predicted octanol–water partition coefficient (Wildman–Crippen LogP) is 1.99. The maximum Gasteiger partial charge on any atom is 0.428 e. The van der Waals surface area contributed by atoms with Gasteiger partial charge in [-0.2, -0.15) is 13.2 Å². The number of nitrogens with one attached hydrogen (secondary N) is 1. The third-order valence-electron chi connectivity index (χ3n) is 1.93. The number of alkyl halides is 5. The Balaban J connectivity index is 2.75. The van der Waals surface area contributed by atoms with Crippen molar-refractivity contribution in [2.24, 2.45) is 0 Å². The van der Waals surface area contributed by atoms with Crippen molar-refractivity contribution in [3.05, 3.63) is 28.7 Å². The van der Waals surface area contributed by atoms with Crippen molar-refractivity contribution in [1.82, 2.24) is 4.98 Å². The van der Waals surface area contributed by atoms with Crippen molar-refractivity contribution < 1.29 is 26.7 Å². The van der Waals surface area contributed by atoms with Crippen molar-refractivity contribution in [3.8, 4) is 5.75 Å². The molecule has 1 rings (SSSR count). The van der Waals surface area contributed by atoms with E-state index in [0.29, 0.717) is 0 Å². The first-order valence-corrected chi connectivity index (χ1v) is 4.42. The van der Waals surface area contributed by atoms with Gasteiger partial charge in [0.25, 0.3) is 11.2 Å². The summed E-state index contributed by atoms with van der Waals surface area (Å²) in [5, 5.41) is 0. The number of hydrogen-bond donors (Lipinski definition) is 1. The summed E-state index contributed by atoms with van der Waals surface area (Å²) in [5.41, 5.74) is -4.70. The van der Waals surface area contributed by atoms with Gasteiger partial charge in [0.15, 0.2) is 0 Å². The van der Waals surface area contributed by atoms with Crippen molar-refractivity contribution in [2.75, 3.05) is 13.3 Å². The van der Waals surface area contributed by atoms with Crippen LogP contribution in [0.15, 0.2) is 23.1 Å². The molecule has 0 spiro atoms. The van der Waals surface area contributed by atoms with Crippen LogP contribution in [0.2, 0.25) is 0 Å². The molecule has 0 saturated heterocycles. The molecule has 8 heteroatoms. The highest BCUT2D eigenvalue weighted by atomic mass is 19.4. The zero-order chi connectivity index (χ0) is 13.1. The molecule has 0 saturated carbocycles. The lowest BCUT2D eigenvalue weighted by Gasteiger charge is -2.24. The summed E-state index contributed by atoms with van der Waals surface area (Å²) in [6, 6.07) is 1.95. The minimum atomic E-state index is -5.37. The Morgan fingerprint density at radius 3 is 2.41 bits per heavy atom. The minimum Gasteiger partial charge on any atom is -0.490 e. The van der Waals surface area contributed by atoms with E-state index in [-0.39, 0.29) is 5.75 Å². The van der Waals surface area contributed by atoms with Gasteiger partial charge in [-0.15, -0.1) is 0 Å². The van der Waals surface area contributed by atoms with Gasteiger partial charge in [-0.1, -0.05) is 0 Å². The Bertz CT molecular complexity index is 430. The van der Waals surface area contributed by atoms with Crippen LogP contribution in [0, 0.1) is 0 Å². The summed E-state index contributed by atoms with van der Waals surface area (Å²) in [4.78, 5) is 12.9. The average Bonchev–Trinajstić information content (AvgIpc) is 2.24. The van der Waals surface area contributed by atoms with Crippen LogP contribution in [0.3, 0.4) is 0 Å². The molecule has 0 bridgehead atoms.